The molecule has 2 amide bonds. The number of hydrogen-bond donors (Lipinski definition) is 1. The van der Waals surface area contributed by atoms with Gasteiger partial charge in [0.05, 0.1) is 16.0 Å². The summed E-state index contributed by atoms with van der Waals surface area (Å²) in [5, 5.41) is 10.6. The molecule has 1 aromatic carbocycles. The second kappa shape index (κ2) is 6.46. The number of carbonyl (C=O) groups is 2. The van der Waals surface area contributed by atoms with Crippen LogP contribution in [0.15, 0.2) is 47.5 Å². The van der Waals surface area contributed by atoms with Gasteiger partial charge in [0, 0.05) is 25.2 Å². The molecule has 0 unspecified atom stereocenters. The summed E-state index contributed by atoms with van der Waals surface area (Å²) in [6, 6.07) is 9.73. The first-order valence-electron chi connectivity index (χ1n) is 9.25. The van der Waals surface area contributed by atoms with Gasteiger partial charge in [0.2, 0.25) is 10.0 Å². The summed E-state index contributed by atoms with van der Waals surface area (Å²) < 4.78 is 29.5. The van der Waals surface area contributed by atoms with Gasteiger partial charge in [-0.3, -0.25) is 19.3 Å². The van der Waals surface area contributed by atoms with E-state index in [1.165, 1.54) is 22.5 Å². The minimum atomic E-state index is -3.76. The van der Waals surface area contributed by atoms with Gasteiger partial charge >= 0.3 is 0 Å². The fourth-order valence-electron chi connectivity index (χ4n) is 3.95. The molecule has 2 aromatic heterocycles. The third-order valence-corrected chi connectivity index (χ3v) is 7.40. The Hall–Kier alpha value is -3.11. The molecule has 3 aromatic rings. The normalized spacial score (nSPS) is 18.2. The maximum absolute atomic E-state index is 13.1. The molecule has 4 heterocycles. The lowest BCUT2D eigenvalue weighted by atomic mass is 9.97. The van der Waals surface area contributed by atoms with Crippen molar-refractivity contribution in [1.82, 2.24) is 24.2 Å². The first kappa shape index (κ1) is 18.0. The first-order valence-corrected chi connectivity index (χ1v) is 10.7. The van der Waals surface area contributed by atoms with E-state index in [0.29, 0.717) is 25.9 Å². The van der Waals surface area contributed by atoms with Crippen LogP contribution in [0.1, 0.15) is 45.3 Å². The summed E-state index contributed by atoms with van der Waals surface area (Å²) >= 11 is 0. The van der Waals surface area contributed by atoms with Gasteiger partial charge in [0.15, 0.2) is 5.65 Å². The van der Waals surface area contributed by atoms with Crippen molar-refractivity contribution in [2.24, 2.45) is 0 Å². The number of piperidine rings is 1. The predicted molar refractivity (Wildman–Crippen MR) is 102 cm³/mol. The second-order valence-corrected chi connectivity index (χ2v) is 9.09. The second-order valence-electron chi connectivity index (χ2n) is 7.16. The molecule has 0 spiro atoms. The van der Waals surface area contributed by atoms with Crippen LogP contribution in [0.4, 0.5) is 0 Å². The van der Waals surface area contributed by atoms with Crippen molar-refractivity contribution >= 4 is 27.5 Å². The molecular formula is C19H17N5O4S. The van der Waals surface area contributed by atoms with Crippen molar-refractivity contribution in [2.45, 2.75) is 23.7 Å². The highest BCUT2D eigenvalue weighted by Crippen LogP contribution is 2.31. The lowest BCUT2D eigenvalue weighted by molar-refractivity contribution is 0.0879. The number of nitrogens with one attached hydrogen (secondary N) is 1. The Morgan fingerprint density at radius 3 is 2.52 bits per heavy atom. The number of pyridine rings is 1. The highest BCUT2D eigenvalue weighted by Gasteiger charge is 2.34. The maximum atomic E-state index is 13.1. The Labute approximate surface area is 166 Å². The largest absolute Gasteiger partial charge is 0.288 e. The van der Waals surface area contributed by atoms with Crippen LogP contribution in [0.25, 0.3) is 5.65 Å². The lowest BCUT2D eigenvalue weighted by Crippen LogP contribution is -2.38. The lowest BCUT2D eigenvalue weighted by Gasteiger charge is -2.30. The number of hydrogen-bond acceptors (Lipinski definition) is 6. The van der Waals surface area contributed by atoms with E-state index in [-0.39, 0.29) is 21.9 Å². The first-order chi connectivity index (χ1) is 13.9. The summed E-state index contributed by atoms with van der Waals surface area (Å²) in [4.78, 5) is 23.6. The summed E-state index contributed by atoms with van der Waals surface area (Å²) in [7, 11) is -3.76. The molecule has 0 aliphatic carbocycles. The summed E-state index contributed by atoms with van der Waals surface area (Å²) in [5.41, 5.74) is 1.07. The quantitative estimate of drug-likeness (QED) is 0.648. The molecule has 29 heavy (non-hydrogen) atoms. The van der Waals surface area contributed by atoms with Crippen molar-refractivity contribution in [3.05, 3.63) is 59.5 Å². The molecule has 2 aliphatic heterocycles. The Kier molecular flexibility index (Phi) is 4.00. The number of fused-ring (bicyclic) bond motifs is 2. The number of sulfonamides is 1. The van der Waals surface area contributed by atoms with Gasteiger partial charge in [-0.15, -0.1) is 10.2 Å². The van der Waals surface area contributed by atoms with Gasteiger partial charge in [0.1, 0.15) is 5.82 Å². The zero-order chi connectivity index (χ0) is 20.2. The highest BCUT2D eigenvalue weighted by molar-refractivity contribution is 7.89. The van der Waals surface area contributed by atoms with Crippen LogP contribution < -0.4 is 5.32 Å². The molecule has 5 rings (SSSR count). The molecular weight excluding hydrogens is 394 g/mol. The topological polar surface area (TPSA) is 114 Å². The molecule has 0 saturated carbocycles. The van der Waals surface area contributed by atoms with E-state index in [0.717, 1.165) is 11.5 Å². The van der Waals surface area contributed by atoms with Gasteiger partial charge < -0.3 is 0 Å². The number of carbonyl (C=O) groups excluding carboxylic acids is 2. The van der Waals surface area contributed by atoms with Crippen LogP contribution >= 0.6 is 0 Å². The molecule has 0 radical (unpaired) electrons. The van der Waals surface area contributed by atoms with Gasteiger partial charge in [-0.05, 0) is 43.2 Å². The van der Waals surface area contributed by atoms with E-state index in [1.807, 2.05) is 28.8 Å². The summed E-state index contributed by atoms with van der Waals surface area (Å²) in [5.74, 6) is -0.123. The molecule has 0 atom stereocenters. The number of aromatic nitrogens is 3. The van der Waals surface area contributed by atoms with E-state index in [9.17, 15) is 18.0 Å². The maximum Gasteiger partial charge on any atom is 0.258 e. The van der Waals surface area contributed by atoms with E-state index in [1.54, 1.807) is 0 Å². The van der Waals surface area contributed by atoms with Crippen LogP contribution in [0.3, 0.4) is 0 Å². The average Bonchev–Trinajstić information content (AvgIpc) is 3.29. The van der Waals surface area contributed by atoms with Gasteiger partial charge in [0.25, 0.3) is 11.8 Å². The third kappa shape index (κ3) is 2.83. The smallest absolute Gasteiger partial charge is 0.258 e. The number of rotatable bonds is 3. The fourth-order valence-corrected chi connectivity index (χ4v) is 5.45. The highest BCUT2D eigenvalue weighted by atomic mass is 32.2. The Balaban J connectivity index is 1.37. The van der Waals surface area contributed by atoms with E-state index >= 15 is 0 Å². The average molecular weight is 411 g/mol. The molecule has 148 valence electrons. The van der Waals surface area contributed by atoms with E-state index < -0.39 is 21.8 Å². The van der Waals surface area contributed by atoms with Crippen molar-refractivity contribution in [1.29, 1.82) is 0 Å². The molecule has 9 nitrogen and oxygen atoms in total. The zero-order valence-corrected chi connectivity index (χ0v) is 16.1. The number of imide groups is 1. The molecule has 1 fully saturated rings. The number of nitrogens with zero attached hydrogens (tertiary/aromatic N) is 4. The van der Waals surface area contributed by atoms with E-state index in [2.05, 4.69) is 15.5 Å². The summed E-state index contributed by atoms with van der Waals surface area (Å²) in [6.07, 6.45) is 3.16. The molecule has 2 aliphatic rings. The molecule has 1 N–H and O–H groups in total. The van der Waals surface area contributed by atoms with Crippen LogP contribution in [-0.4, -0.2) is 52.2 Å². The number of amides is 2. The van der Waals surface area contributed by atoms with Crippen molar-refractivity contribution in [2.75, 3.05) is 13.1 Å². The van der Waals surface area contributed by atoms with Crippen LogP contribution in [0, 0.1) is 0 Å². The van der Waals surface area contributed by atoms with Crippen LogP contribution in [0.2, 0.25) is 0 Å². The SMILES string of the molecule is O=C1NC(=O)c2cc(S(=O)(=O)N3CCC(c4nnc5ccccn45)CC3)ccc21. The summed E-state index contributed by atoms with van der Waals surface area (Å²) in [6.45, 7) is 0.688. The molecule has 1 saturated heterocycles. The minimum Gasteiger partial charge on any atom is -0.288 e. The third-order valence-electron chi connectivity index (χ3n) is 5.50. The molecule has 10 heteroatoms. The Bertz CT molecular complexity index is 1260. The fraction of sp³-hybridized carbons (Fsp3) is 0.263. The minimum absolute atomic E-state index is 0.0208. The van der Waals surface area contributed by atoms with Crippen molar-refractivity contribution < 1.29 is 18.0 Å². The predicted octanol–water partition coefficient (Wildman–Crippen LogP) is 1.18. The van der Waals surface area contributed by atoms with Gasteiger partial charge in [-0.1, -0.05) is 6.07 Å². The van der Waals surface area contributed by atoms with Gasteiger partial charge in [-0.25, -0.2) is 8.42 Å². The van der Waals surface area contributed by atoms with Crippen molar-refractivity contribution in [3.8, 4) is 0 Å². The van der Waals surface area contributed by atoms with E-state index in [4.69, 9.17) is 0 Å². The standard InChI is InChI=1S/C19H17N5O4S/c25-18-14-5-4-13(11-15(14)19(26)20-18)29(27,28)23-9-6-12(7-10-23)17-22-21-16-3-1-2-8-24(16)17/h1-5,8,11-12H,6-7,9-10H2,(H,20,25,26). The zero-order valence-electron chi connectivity index (χ0n) is 15.3. The van der Waals surface area contributed by atoms with Crippen LogP contribution in [-0.2, 0) is 10.0 Å². The van der Waals surface area contributed by atoms with Crippen molar-refractivity contribution in [3.63, 3.8) is 0 Å². The van der Waals surface area contributed by atoms with Gasteiger partial charge in [-0.2, -0.15) is 4.31 Å². The Morgan fingerprint density at radius 2 is 1.72 bits per heavy atom. The Morgan fingerprint density at radius 1 is 0.966 bits per heavy atom. The van der Waals surface area contributed by atoms with Crippen LogP contribution in [0.5, 0.6) is 0 Å². The number of benzene rings is 1. The molecule has 0 bridgehead atoms. The monoisotopic (exact) mass is 411 g/mol.